The molecular formula is C18H19N3O3S. The van der Waals surface area contributed by atoms with Crippen molar-refractivity contribution in [1.82, 2.24) is 4.72 Å². The normalized spacial score (nSPS) is 11.2. The van der Waals surface area contributed by atoms with Crippen molar-refractivity contribution in [2.75, 3.05) is 11.9 Å². The fraction of sp³-hybridized carbons (Fsp3) is 0.222. The minimum Gasteiger partial charge on any atom is -0.311 e. The van der Waals surface area contributed by atoms with E-state index in [1.54, 1.807) is 45.2 Å². The van der Waals surface area contributed by atoms with Gasteiger partial charge in [0.25, 0.3) is 5.91 Å². The van der Waals surface area contributed by atoms with Crippen LogP contribution >= 0.6 is 0 Å². The third-order valence-corrected chi connectivity index (χ3v) is 5.14. The lowest BCUT2D eigenvalue weighted by Gasteiger charge is -2.18. The first-order chi connectivity index (χ1) is 11.7. The van der Waals surface area contributed by atoms with Gasteiger partial charge in [-0.05, 0) is 56.3 Å². The predicted molar refractivity (Wildman–Crippen MR) is 95.8 cm³/mol. The Bertz CT molecular complexity index is 913. The highest BCUT2D eigenvalue weighted by atomic mass is 32.2. The Morgan fingerprint density at radius 3 is 2.36 bits per heavy atom. The maximum Gasteiger partial charge on any atom is 0.258 e. The van der Waals surface area contributed by atoms with Crippen LogP contribution in [0.4, 0.5) is 5.69 Å². The van der Waals surface area contributed by atoms with Crippen LogP contribution in [0.25, 0.3) is 0 Å². The number of benzene rings is 2. The number of anilines is 1. The number of carbonyl (C=O) groups is 1. The number of nitriles is 1. The van der Waals surface area contributed by atoms with E-state index in [-0.39, 0.29) is 16.8 Å². The van der Waals surface area contributed by atoms with Crippen LogP contribution < -0.4 is 9.62 Å². The maximum absolute atomic E-state index is 12.6. The summed E-state index contributed by atoms with van der Waals surface area (Å²) in [5.41, 5.74) is 1.40. The molecule has 7 heteroatoms. The number of nitrogens with one attached hydrogen (secondary N) is 1. The Morgan fingerprint density at radius 1 is 1.16 bits per heavy atom. The summed E-state index contributed by atoms with van der Waals surface area (Å²) in [6, 6.07) is 14.3. The first-order valence-corrected chi connectivity index (χ1v) is 9.13. The van der Waals surface area contributed by atoms with Crippen molar-refractivity contribution in [1.29, 1.82) is 5.26 Å². The van der Waals surface area contributed by atoms with Crippen molar-refractivity contribution in [2.24, 2.45) is 0 Å². The number of hydrogen-bond acceptors (Lipinski definition) is 4. The minimum atomic E-state index is -3.59. The maximum atomic E-state index is 12.6. The average molecular weight is 357 g/mol. The highest BCUT2D eigenvalue weighted by molar-refractivity contribution is 7.89. The zero-order valence-electron chi connectivity index (χ0n) is 14.2. The first-order valence-electron chi connectivity index (χ1n) is 7.65. The predicted octanol–water partition coefficient (Wildman–Crippen LogP) is 2.52. The number of amides is 1. The molecule has 0 bridgehead atoms. The molecule has 0 spiro atoms. The molecule has 0 heterocycles. The van der Waals surface area contributed by atoms with Crippen molar-refractivity contribution in [2.45, 2.75) is 24.8 Å². The largest absolute Gasteiger partial charge is 0.311 e. The molecule has 25 heavy (non-hydrogen) atoms. The van der Waals surface area contributed by atoms with E-state index in [0.717, 1.165) is 0 Å². The Kier molecular flexibility index (Phi) is 5.57. The second-order valence-electron chi connectivity index (χ2n) is 5.83. The topological polar surface area (TPSA) is 90.3 Å². The van der Waals surface area contributed by atoms with Crippen molar-refractivity contribution in [3.63, 3.8) is 0 Å². The number of hydrogen-bond donors (Lipinski definition) is 1. The molecule has 1 amide bonds. The molecule has 6 nitrogen and oxygen atoms in total. The van der Waals surface area contributed by atoms with Crippen LogP contribution in [-0.4, -0.2) is 27.4 Å². The number of sulfonamides is 1. The summed E-state index contributed by atoms with van der Waals surface area (Å²) in [5, 5.41) is 8.95. The van der Waals surface area contributed by atoms with E-state index in [9.17, 15) is 13.2 Å². The first kappa shape index (κ1) is 18.6. The summed E-state index contributed by atoms with van der Waals surface area (Å²) in [5.74, 6) is -0.296. The summed E-state index contributed by atoms with van der Waals surface area (Å²) in [6.07, 6.45) is 0. The van der Waals surface area contributed by atoms with Crippen LogP contribution in [-0.2, 0) is 10.0 Å². The van der Waals surface area contributed by atoms with E-state index in [1.807, 2.05) is 6.07 Å². The molecular weight excluding hydrogens is 338 g/mol. The minimum absolute atomic E-state index is 0.104. The molecule has 0 aliphatic heterocycles. The van der Waals surface area contributed by atoms with Crippen molar-refractivity contribution < 1.29 is 13.2 Å². The summed E-state index contributed by atoms with van der Waals surface area (Å²) in [6.45, 7) is 3.47. The van der Waals surface area contributed by atoms with Gasteiger partial charge in [0.15, 0.2) is 0 Å². The second-order valence-corrected chi connectivity index (χ2v) is 7.54. The van der Waals surface area contributed by atoms with Crippen LogP contribution in [0.5, 0.6) is 0 Å². The van der Waals surface area contributed by atoms with Gasteiger partial charge in [-0.1, -0.05) is 6.07 Å². The fourth-order valence-electron chi connectivity index (χ4n) is 2.25. The van der Waals surface area contributed by atoms with Gasteiger partial charge in [-0.15, -0.1) is 0 Å². The molecule has 0 atom stereocenters. The van der Waals surface area contributed by atoms with Gasteiger partial charge < -0.3 is 4.90 Å². The summed E-state index contributed by atoms with van der Waals surface area (Å²) in [4.78, 5) is 14.1. The number of carbonyl (C=O) groups excluding carboxylic acids is 1. The van der Waals surface area contributed by atoms with Crippen LogP contribution in [0.1, 0.15) is 29.8 Å². The second kappa shape index (κ2) is 7.47. The Morgan fingerprint density at radius 2 is 1.80 bits per heavy atom. The molecule has 130 valence electrons. The van der Waals surface area contributed by atoms with Crippen molar-refractivity contribution >= 4 is 21.6 Å². The van der Waals surface area contributed by atoms with Gasteiger partial charge in [-0.25, -0.2) is 13.1 Å². The summed E-state index contributed by atoms with van der Waals surface area (Å²) >= 11 is 0. The number of nitrogens with zero attached hydrogens (tertiary/aromatic N) is 2. The van der Waals surface area contributed by atoms with Gasteiger partial charge in [-0.3, -0.25) is 4.79 Å². The van der Waals surface area contributed by atoms with Gasteiger partial charge in [0, 0.05) is 24.3 Å². The van der Waals surface area contributed by atoms with E-state index in [2.05, 4.69) is 4.72 Å². The van der Waals surface area contributed by atoms with E-state index in [1.165, 1.54) is 29.2 Å². The van der Waals surface area contributed by atoms with Gasteiger partial charge >= 0.3 is 0 Å². The average Bonchev–Trinajstić information content (AvgIpc) is 2.59. The lowest BCUT2D eigenvalue weighted by atomic mass is 10.1. The third kappa shape index (κ3) is 4.44. The summed E-state index contributed by atoms with van der Waals surface area (Å²) < 4.78 is 26.7. The van der Waals surface area contributed by atoms with Crippen LogP contribution in [0.3, 0.4) is 0 Å². The van der Waals surface area contributed by atoms with Gasteiger partial charge in [0.1, 0.15) is 0 Å². The molecule has 0 radical (unpaired) electrons. The Labute approximate surface area is 147 Å². The Balaban J connectivity index is 2.24. The zero-order valence-corrected chi connectivity index (χ0v) is 15.0. The molecule has 0 saturated carbocycles. The van der Waals surface area contributed by atoms with Crippen molar-refractivity contribution in [3.8, 4) is 6.07 Å². The van der Waals surface area contributed by atoms with Crippen molar-refractivity contribution in [3.05, 3.63) is 59.7 Å². The quantitative estimate of drug-likeness (QED) is 0.890. The molecule has 0 fully saturated rings. The van der Waals surface area contributed by atoms with Crippen LogP contribution in [0.2, 0.25) is 0 Å². The van der Waals surface area contributed by atoms with Gasteiger partial charge in [0.2, 0.25) is 10.0 Å². The SMILES string of the molecule is CC(C)NS(=O)(=O)c1ccc(C(=O)N(C)c2cccc(C#N)c2)cc1. The fourth-order valence-corrected chi connectivity index (χ4v) is 3.50. The van der Waals surface area contributed by atoms with E-state index < -0.39 is 10.0 Å². The lowest BCUT2D eigenvalue weighted by Crippen LogP contribution is -2.30. The number of rotatable bonds is 5. The standard InChI is InChI=1S/C18H19N3O3S/c1-13(2)20-25(23,24)17-9-7-15(8-10-17)18(22)21(3)16-6-4-5-14(11-16)12-19/h4-11,13,20H,1-3H3. The molecule has 2 rings (SSSR count). The van der Waals surface area contributed by atoms with E-state index in [0.29, 0.717) is 16.8 Å². The lowest BCUT2D eigenvalue weighted by molar-refractivity contribution is 0.0993. The molecule has 0 unspecified atom stereocenters. The van der Waals surface area contributed by atoms with Gasteiger partial charge in [0.05, 0.1) is 16.5 Å². The highest BCUT2D eigenvalue weighted by Gasteiger charge is 2.18. The van der Waals surface area contributed by atoms with E-state index in [4.69, 9.17) is 5.26 Å². The Hall–Kier alpha value is -2.69. The molecule has 2 aromatic rings. The molecule has 0 aliphatic carbocycles. The molecule has 2 aromatic carbocycles. The molecule has 1 N–H and O–H groups in total. The van der Waals surface area contributed by atoms with Gasteiger partial charge in [-0.2, -0.15) is 5.26 Å². The van der Waals surface area contributed by atoms with Crippen LogP contribution in [0.15, 0.2) is 53.4 Å². The third-order valence-electron chi connectivity index (χ3n) is 3.47. The zero-order chi connectivity index (χ0) is 18.6. The monoisotopic (exact) mass is 357 g/mol. The summed E-state index contributed by atoms with van der Waals surface area (Å²) in [7, 11) is -1.99. The molecule has 0 saturated heterocycles. The smallest absolute Gasteiger partial charge is 0.258 e. The molecule has 0 aliphatic rings. The highest BCUT2D eigenvalue weighted by Crippen LogP contribution is 2.18. The molecule has 0 aromatic heterocycles. The van der Waals surface area contributed by atoms with Crippen LogP contribution in [0, 0.1) is 11.3 Å². The van der Waals surface area contributed by atoms with E-state index >= 15 is 0 Å².